The molecule has 0 aliphatic heterocycles. The highest BCUT2D eigenvalue weighted by Crippen LogP contribution is 2.22. The van der Waals surface area contributed by atoms with Crippen molar-refractivity contribution >= 4 is 28.9 Å². The SMILES string of the molecule is CN=C(NCCc1cccc(Cl)c1)NCC(c1cccs1)N(C)C. The second-order valence-electron chi connectivity index (χ2n) is 5.75. The summed E-state index contributed by atoms with van der Waals surface area (Å²) in [4.78, 5) is 7.87. The summed E-state index contributed by atoms with van der Waals surface area (Å²) >= 11 is 7.80. The molecule has 0 aliphatic rings. The maximum absolute atomic E-state index is 6.02. The molecule has 2 rings (SSSR count). The second kappa shape index (κ2) is 9.67. The zero-order chi connectivity index (χ0) is 17.4. The minimum atomic E-state index is 0.330. The van der Waals surface area contributed by atoms with Crippen LogP contribution in [-0.2, 0) is 6.42 Å². The van der Waals surface area contributed by atoms with E-state index >= 15 is 0 Å². The fourth-order valence-electron chi connectivity index (χ4n) is 2.45. The van der Waals surface area contributed by atoms with Gasteiger partial charge in [0.2, 0.25) is 0 Å². The first-order valence-electron chi connectivity index (χ1n) is 7.99. The number of guanidine groups is 1. The van der Waals surface area contributed by atoms with E-state index in [9.17, 15) is 0 Å². The van der Waals surface area contributed by atoms with Crippen LogP contribution in [0.5, 0.6) is 0 Å². The van der Waals surface area contributed by atoms with E-state index in [-0.39, 0.29) is 0 Å². The van der Waals surface area contributed by atoms with E-state index < -0.39 is 0 Å². The van der Waals surface area contributed by atoms with Crippen LogP contribution in [0.1, 0.15) is 16.5 Å². The third-order valence-corrected chi connectivity index (χ3v) is 4.99. The van der Waals surface area contributed by atoms with Crippen LogP contribution in [0.25, 0.3) is 0 Å². The molecule has 1 atom stereocenters. The Balaban J connectivity index is 1.81. The van der Waals surface area contributed by atoms with Crippen molar-refractivity contribution in [2.45, 2.75) is 12.5 Å². The molecular weight excluding hydrogens is 340 g/mol. The average molecular weight is 365 g/mol. The quantitative estimate of drug-likeness (QED) is 0.584. The van der Waals surface area contributed by atoms with Gasteiger partial charge in [0.05, 0.1) is 6.04 Å². The number of nitrogens with zero attached hydrogens (tertiary/aromatic N) is 2. The Morgan fingerprint density at radius 3 is 2.71 bits per heavy atom. The Labute approximate surface area is 153 Å². The molecule has 0 fully saturated rings. The molecule has 0 saturated heterocycles. The van der Waals surface area contributed by atoms with Crippen molar-refractivity contribution in [1.82, 2.24) is 15.5 Å². The van der Waals surface area contributed by atoms with E-state index in [0.29, 0.717) is 6.04 Å². The Kier molecular flexibility index (Phi) is 7.56. The lowest BCUT2D eigenvalue weighted by molar-refractivity contribution is 0.302. The second-order valence-corrected chi connectivity index (χ2v) is 7.17. The first-order chi connectivity index (χ1) is 11.6. The molecule has 6 heteroatoms. The molecule has 0 spiro atoms. The van der Waals surface area contributed by atoms with Crippen LogP contribution in [-0.4, -0.2) is 45.1 Å². The van der Waals surface area contributed by atoms with Crippen LogP contribution in [0.4, 0.5) is 0 Å². The number of aliphatic imine (C=N–C) groups is 1. The summed E-state index contributed by atoms with van der Waals surface area (Å²) < 4.78 is 0. The summed E-state index contributed by atoms with van der Waals surface area (Å²) in [6, 6.07) is 12.6. The molecular formula is C18H25ClN4S. The Morgan fingerprint density at radius 2 is 2.08 bits per heavy atom. The van der Waals surface area contributed by atoms with Gasteiger partial charge < -0.3 is 15.5 Å². The number of rotatable bonds is 7. The van der Waals surface area contributed by atoms with E-state index in [1.165, 1.54) is 10.4 Å². The van der Waals surface area contributed by atoms with Crippen LogP contribution < -0.4 is 10.6 Å². The van der Waals surface area contributed by atoms with Gasteiger partial charge in [0, 0.05) is 30.0 Å². The smallest absolute Gasteiger partial charge is 0.191 e. The number of hydrogen-bond acceptors (Lipinski definition) is 3. The molecule has 1 heterocycles. The monoisotopic (exact) mass is 364 g/mol. The number of likely N-dealkylation sites (N-methyl/N-ethyl adjacent to an activating group) is 1. The molecule has 2 N–H and O–H groups in total. The summed E-state index contributed by atoms with van der Waals surface area (Å²) in [5.41, 5.74) is 1.22. The van der Waals surface area contributed by atoms with Crippen LogP contribution >= 0.6 is 22.9 Å². The number of hydrogen-bond donors (Lipinski definition) is 2. The summed E-state index contributed by atoms with van der Waals surface area (Å²) in [5.74, 6) is 0.820. The van der Waals surface area contributed by atoms with E-state index in [4.69, 9.17) is 11.6 Å². The number of nitrogens with one attached hydrogen (secondary N) is 2. The maximum Gasteiger partial charge on any atom is 0.191 e. The van der Waals surface area contributed by atoms with Gasteiger partial charge in [-0.1, -0.05) is 29.8 Å². The highest BCUT2D eigenvalue weighted by atomic mass is 35.5. The molecule has 24 heavy (non-hydrogen) atoms. The molecule has 1 unspecified atom stereocenters. The topological polar surface area (TPSA) is 39.7 Å². The van der Waals surface area contributed by atoms with E-state index in [1.807, 2.05) is 18.2 Å². The Hall–Kier alpha value is -1.56. The molecule has 1 aromatic heterocycles. The first-order valence-corrected chi connectivity index (χ1v) is 9.24. The van der Waals surface area contributed by atoms with Gasteiger partial charge in [-0.2, -0.15) is 0 Å². The molecule has 0 radical (unpaired) electrons. The molecule has 0 amide bonds. The Bertz CT molecular complexity index is 640. The molecule has 0 saturated carbocycles. The third kappa shape index (κ3) is 5.82. The van der Waals surface area contributed by atoms with Gasteiger partial charge in [0.15, 0.2) is 5.96 Å². The van der Waals surface area contributed by atoms with Gasteiger partial charge >= 0.3 is 0 Å². The summed E-state index contributed by atoms with van der Waals surface area (Å²) in [6.07, 6.45) is 0.906. The van der Waals surface area contributed by atoms with Crippen LogP contribution in [0.3, 0.4) is 0 Å². The zero-order valence-corrected chi connectivity index (χ0v) is 16.0. The molecule has 130 valence electrons. The predicted octanol–water partition coefficient (Wildman–Crippen LogP) is 3.41. The molecule has 2 aromatic rings. The van der Waals surface area contributed by atoms with Crippen LogP contribution in [0.15, 0.2) is 46.8 Å². The lowest BCUT2D eigenvalue weighted by atomic mass is 10.1. The van der Waals surface area contributed by atoms with E-state index in [2.05, 4.69) is 58.2 Å². The third-order valence-electron chi connectivity index (χ3n) is 3.78. The van der Waals surface area contributed by atoms with Crippen molar-refractivity contribution in [2.24, 2.45) is 4.99 Å². The van der Waals surface area contributed by atoms with Crippen LogP contribution in [0.2, 0.25) is 5.02 Å². The minimum absolute atomic E-state index is 0.330. The largest absolute Gasteiger partial charge is 0.356 e. The predicted molar refractivity (Wildman–Crippen MR) is 105 cm³/mol. The summed E-state index contributed by atoms with van der Waals surface area (Å²) in [5, 5.41) is 9.66. The fourth-order valence-corrected chi connectivity index (χ4v) is 3.59. The van der Waals surface area contributed by atoms with Crippen molar-refractivity contribution in [2.75, 3.05) is 34.2 Å². The fraction of sp³-hybridized carbons (Fsp3) is 0.389. The van der Waals surface area contributed by atoms with E-state index in [1.54, 1.807) is 18.4 Å². The minimum Gasteiger partial charge on any atom is -0.356 e. The first kappa shape index (κ1) is 18.8. The van der Waals surface area contributed by atoms with Gasteiger partial charge in [-0.15, -0.1) is 11.3 Å². The number of halogens is 1. The van der Waals surface area contributed by atoms with Crippen molar-refractivity contribution in [3.05, 3.63) is 57.2 Å². The highest BCUT2D eigenvalue weighted by Gasteiger charge is 2.15. The van der Waals surface area contributed by atoms with Crippen molar-refractivity contribution in [3.63, 3.8) is 0 Å². The van der Waals surface area contributed by atoms with Gasteiger partial charge in [-0.05, 0) is 49.7 Å². The van der Waals surface area contributed by atoms with Crippen molar-refractivity contribution in [3.8, 4) is 0 Å². The molecule has 0 bridgehead atoms. The maximum atomic E-state index is 6.02. The highest BCUT2D eigenvalue weighted by molar-refractivity contribution is 7.10. The lowest BCUT2D eigenvalue weighted by Crippen LogP contribution is -2.42. The van der Waals surface area contributed by atoms with Crippen LogP contribution in [0, 0.1) is 0 Å². The van der Waals surface area contributed by atoms with Gasteiger partial charge in [0.1, 0.15) is 0 Å². The van der Waals surface area contributed by atoms with Crippen molar-refractivity contribution < 1.29 is 0 Å². The number of benzene rings is 1. The van der Waals surface area contributed by atoms with Gasteiger partial charge in [-0.25, -0.2) is 0 Å². The molecule has 0 aliphatic carbocycles. The molecule has 1 aromatic carbocycles. The van der Waals surface area contributed by atoms with Gasteiger partial charge in [-0.3, -0.25) is 4.99 Å². The van der Waals surface area contributed by atoms with E-state index in [0.717, 1.165) is 30.5 Å². The standard InChI is InChI=1S/C18H25ClN4S/c1-20-18(21-10-9-14-6-4-7-15(19)12-14)22-13-16(23(2)3)17-8-5-11-24-17/h4-8,11-12,16H,9-10,13H2,1-3H3,(H2,20,21,22). The average Bonchev–Trinajstić information content (AvgIpc) is 3.07. The van der Waals surface area contributed by atoms with Crippen molar-refractivity contribution in [1.29, 1.82) is 0 Å². The lowest BCUT2D eigenvalue weighted by Gasteiger charge is -2.24. The summed E-state index contributed by atoms with van der Waals surface area (Å²) in [6.45, 7) is 1.62. The Morgan fingerprint density at radius 1 is 1.25 bits per heavy atom. The number of thiophene rings is 1. The normalized spacial score (nSPS) is 13.1. The molecule has 4 nitrogen and oxygen atoms in total. The summed E-state index contributed by atoms with van der Waals surface area (Å²) in [7, 11) is 5.99. The van der Waals surface area contributed by atoms with Gasteiger partial charge in [0.25, 0.3) is 0 Å². The zero-order valence-electron chi connectivity index (χ0n) is 14.4.